The van der Waals surface area contributed by atoms with E-state index in [1.165, 1.54) is 19.6 Å². The molecule has 4 heteroatoms. The van der Waals surface area contributed by atoms with Crippen LogP contribution in [0, 0.1) is 0 Å². The van der Waals surface area contributed by atoms with Crippen LogP contribution in [0.4, 0.5) is 0 Å². The first-order valence-electron chi connectivity index (χ1n) is 2.77. The van der Waals surface area contributed by atoms with E-state index in [0.717, 1.165) is 0 Å². The summed E-state index contributed by atoms with van der Waals surface area (Å²) in [5.74, 6) is 0.399. The van der Waals surface area contributed by atoms with Crippen LogP contribution in [0.2, 0.25) is 0 Å². The molecular weight excluding hydrogens is 134 g/mol. The molecule has 4 nitrogen and oxygen atoms in total. The lowest BCUT2D eigenvalue weighted by Crippen LogP contribution is -1.98. The summed E-state index contributed by atoms with van der Waals surface area (Å²) in [6.45, 7) is 1.28. The van der Waals surface area contributed by atoms with E-state index in [1.54, 1.807) is 6.92 Å². The molecule has 0 radical (unpaired) electrons. The number of aliphatic hydroxyl groups excluding tert-OH is 1. The normalized spacial score (nSPS) is 12.1. The lowest BCUT2D eigenvalue weighted by molar-refractivity contribution is 0.0875. The summed E-state index contributed by atoms with van der Waals surface area (Å²) in [7, 11) is 1.52. The van der Waals surface area contributed by atoms with Crippen molar-refractivity contribution in [3.05, 3.63) is 12.5 Å². The van der Waals surface area contributed by atoms with Crippen LogP contribution in [0.25, 0.3) is 0 Å². The lowest BCUT2D eigenvalue weighted by atomic mass is 10.7. The van der Waals surface area contributed by atoms with Crippen molar-refractivity contribution in [2.24, 2.45) is 4.99 Å². The summed E-state index contributed by atoms with van der Waals surface area (Å²) in [6.07, 6.45) is 2.84. The summed E-state index contributed by atoms with van der Waals surface area (Å²) in [5.41, 5.74) is 0. The van der Waals surface area contributed by atoms with Crippen LogP contribution in [0.15, 0.2) is 17.5 Å². The topological polar surface area (TPSA) is 51.0 Å². The molecule has 0 saturated carbocycles. The van der Waals surface area contributed by atoms with E-state index in [4.69, 9.17) is 5.11 Å². The predicted molar refractivity (Wildman–Crippen MR) is 37.4 cm³/mol. The van der Waals surface area contributed by atoms with Crippen LogP contribution >= 0.6 is 0 Å². The third-order valence-electron chi connectivity index (χ3n) is 0.727. The number of methoxy groups -OCH3 is 1. The minimum atomic E-state index is -0.351. The fraction of sp³-hybridized carbons (Fsp3) is 0.500. The molecule has 0 fully saturated rings. The van der Waals surface area contributed by atoms with Crippen molar-refractivity contribution < 1.29 is 14.6 Å². The maximum Gasteiger partial charge on any atom is 0.187 e. The van der Waals surface area contributed by atoms with Crippen LogP contribution in [-0.4, -0.2) is 24.9 Å². The standard InChI is InChI=1S/C6H11NO3/c1-6(10-5-8)7-3-4-9-2/h3-4,8H,5H2,1-2H3/b4-3+,7-6-. The van der Waals surface area contributed by atoms with E-state index in [2.05, 4.69) is 14.5 Å². The smallest absolute Gasteiger partial charge is 0.187 e. The SMILES string of the molecule is CO/C=C/N=C(/C)OCO. The summed E-state index contributed by atoms with van der Waals surface area (Å²) < 4.78 is 9.15. The molecule has 0 rings (SSSR count). The van der Waals surface area contributed by atoms with Gasteiger partial charge in [0.1, 0.15) is 6.26 Å². The van der Waals surface area contributed by atoms with Crippen LogP contribution in [0.5, 0.6) is 0 Å². The maximum absolute atomic E-state index is 8.23. The summed E-state index contributed by atoms with van der Waals surface area (Å²) in [5, 5.41) is 8.23. The van der Waals surface area contributed by atoms with Gasteiger partial charge in [0, 0.05) is 6.92 Å². The molecule has 58 valence electrons. The molecule has 10 heavy (non-hydrogen) atoms. The lowest BCUT2D eigenvalue weighted by Gasteiger charge is -1.96. The van der Waals surface area contributed by atoms with Gasteiger partial charge in [0.25, 0.3) is 0 Å². The Labute approximate surface area is 59.8 Å². The summed E-state index contributed by atoms with van der Waals surface area (Å²) >= 11 is 0. The van der Waals surface area contributed by atoms with Gasteiger partial charge in [-0.25, -0.2) is 4.99 Å². The van der Waals surface area contributed by atoms with Crippen LogP contribution in [0.1, 0.15) is 6.92 Å². The highest BCUT2D eigenvalue weighted by Crippen LogP contribution is 1.82. The van der Waals surface area contributed by atoms with Gasteiger partial charge in [-0.1, -0.05) is 0 Å². The Balaban J connectivity index is 3.56. The number of nitrogens with zero attached hydrogens (tertiary/aromatic N) is 1. The van der Waals surface area contributed by atoms with Gasteiger partial charge < -0.3 is 14.6 Å². The van der Waals surface area contributed by atoms with Crippen molar-refractivity contribution in [3.63, 3.8) is 0 Å². The van der Waals surface area contributed by atoms with E-state index < -0.39 is 0 Å². The summed E-state index contributed by atoms with van der Waals surface area (Å²) in [6, 6.07) is 0. The zero-order valence-electron chi connectivity index (χ0n) is 6.07. The molecule has 1 N–H and O–H groups in total. The number of rotatable bonds is 3. The van der Waals surface area contributed by atoms with Gasteiger partial charge >= 0.3 is 0 Å². The molecule has 0 saturated heterocycles. The highest BCUT2D eigenvalue weighted by Gasteiger charge is 1.83. The monoisotopic (exact) mass is 145 g/mol. The van der Waals surface area contributed by atoms with Gasteiger partial charge in [-0.3, -0.25) is 0 Å². The molecule has 0 bridgehead atoms. The Morgan fingerprint density at radius 3 is 2.90 bits per heavy atom. The highest BCUT2D eigenvalue weighted by atomic mass is 16.6. The quantitative estimate of drug-likeness (QED) is 0.272. The first kappa shape index (κ1) is 8.97. The van der Waals surface area contributed by atoms with Crippen LogP contribution in [0.3, 0.4) is 0 Å². The Hall–Kier alpha value is -1.03. The first-order valence-corrected chi connectivity index (χ1v) is 2.77. The number of hydrogen-bond donors (Lipinski definition) is 1. The number of hydrogen-bond acceptors (Lipinski definition) is 4. The average molecular weight is 145 g/mol. The molecule has 0 aromatic carbocycles. The third-order valence-corrected chi connectivity index (χ3v) is 0.727. The van der Waals surface area contributed by atoms with Gasteiger partial charge in [-0.05, 0) is 0 Å². The Bertz CT molecular complexity index is 131. The minimum absolute atomic E-state index is 0.351. The Morgan fingerprint density at radius 2 is 2.40 bits per heavy atom. The zero-order valence-corrected chi connectivity index (χ0v) is 6.07. The van der Waals surface area contributed by atoms with E-state index in [0.29, 0.717) is 5.90 Å². The Morgan fingerprint density at radius 1 is 1.70 bits per heavy atom. The molecule has 0 aromatic heterocycles. The molecule has 0 spiro atoms. The molecule has 0 aliphatic rings. The first-order chi connectivity index (χ1) is 4.81. The molecule has 0 atom stereocenters. The number of aliphatic imine (C=N–C) groups is 1. The van der Waals surface area contributed by atoms with Crippen LogP contribution in [-0.2, 0) is 9.47 Å². The largest absolute Gasteiger partial charge is 0.503 e. The number of ether oxygens (including phenoxy) is 2. The van der Waals surface area contributed by atoms with Crippen molar-refractivity contribution in [1.29, 1.82) is 0 Å². The molecular formula is C6H11NO3. The molecule has 0 aromatic rings. The van der Waals surface area contributed by atoms with Crippen molar-refractivity contribution in [3.8, 4) is 0 Å². The van der Waals surface area contributed by atoms with Gasteiger partial charge in [0.05, 0.1) is 13.3 Å². The van der Waals surface area contributed by atoms with Crippen molar-refractivity contribution >= 4 is 5.90 Å². The second-order valence-corrected chi connectivity index (χ2v) is 1.44. The fourth-order valence-electron chi connectivity index (χ4n) is 0.327. The predicted octanol–water partition coefficient (Wildman–Crippen LogP) is 0.489. The maximum atomic E-state index is 8.23. The fourth-order valence-corrected chi connectivity index (χ4v) is 0.327. The van der Waals surface area contributed by atoms with E-state index in [9.17, 15) is 0 Å². The van der Waals surface area contributed by atoms with E-state index in [1.807, 2.05) is 0 Å². The van der Waals surface area contributed by atoms with Gasteiger partial charge in [0.2, 0.25) is 0 Å². The van der Waals surface area contributed by atoms with Gasteiger partial charge in [0.15, 0.2) is 12.7 Å². The van der Waals surface area contributed by atoms with Gasteiger partial charge in [-0.2, -0.15) is 0 Å². The molecule has 0 amide bonds. The molecule has 0 aliphatic heterocycles. The van der Waals surface area contributed by atoms with E-state index in [-0.39, 0.29) is 6.79 Å². The van der Waals surface area contributed by atoms with Gasteiger partial charge in [-0.15, -0.1) is 0 Å². The van der Waals surface area contributed by atoms with Crippen molar-refractivity contribution in [2.75, 3.05) is 13.9 Å². The molecule has 0 aliphatic carbocycles. The molecule has 0 unspecified atom stereocenters. The zero-order chi connectivity index (χ0) is 7.82. The van der Waals surface area contributed by atoms with E-state index >= 15 is 0 Å². The third kappa shape index (κ3) is 5.11. The number of aliphatic hydroxyl groups is 1. The summed E-state index contributed by atoms with van der Waals surface area (Å²) in [4.78, 5) is 3.73. The minimum Gasteiger partial charge on any atom is -0.503 e. The van der Waals surface area contributed by atoms with Crippen LogP contribution < -0.4 is 0 Å². The average Bonchev–Trinajstić information content (AvgIpc) is 1.89. The second kappa shape index (κ2) is 6.10. The van der Waals surface area contributed by atoms with Crippen molar-refractivity contribution in [2.45, 2.75) is 6.92 Å². The second-order valence-electron chi connectivity index (χ2n) is 1.44. The molecule has 0 heterocycles. The highest BCUT2D eigenvalue weighted by molar-refractivity contribution is 5.73. The Kier molecular flexibility index (Phi) is 5.47. The van der Waals surface area contributed by atoms with Crippen molar-refractivity contribution in [1.82, 2.24) is 0 Å².